The van der Waals surface area contributed by atoms with Gasteiger partial charge in [0.05, 0.1) is 27.6 Å². The summed E-state index contributed by atoms with van der Waals surface area (Å²) in [6, 6.07) is 5.04. The molecule has 0 spiro atoms. The molecule has 30 heavy (non-hydrogen) atoms. The molecule has 0 aliphatic heterocycles. The number of carbonyl (C=O) groups is 3. The maximum absolute atomic E-state index is 12.5. The molecule has 0 fully saturated rings. The zero-order valence-corrected chi connectivity index (χ0v) is 17.4. The molecule has 2 aromatic rings. The van der Waals surface area contributed by atoms with Crippen LogP contribution in [0, 0.1) is 5.92 Å². The van der Waals surface area contributed by atoms with Gasteiger partial charge in [-0.2, -0.15) is 0 Å². The SMILES string of the molecule is COc1cc(C(=O)NNC(=O)[C@@H](NC(=O)c2ccco2)C(C)C)cc(OC)c1OC. The quantitative estimate of drug-likeness (QED) is 0.554. The second kappa shape index (κ2) is 10.2. The van der Waals surface area contributed by atoms with Gasteiger partial charge in [-0.05, 0) is 30.2 Å². The third-order valence-electron chi connectivity index (χ3n) is 4.21. The van der Waals surface area contributed by atoms with Gasteiger partial charge in [0, 0.05) is 5.56 Å². The van der Waals surface area contributed by atoms with Gasteiger partial charge in [0.1, 0.15) is 6.04 Å². The molecule has 0 aliphatic carbocycles. The van der Waals surface area contributed by atoms with Gasteiger partial charge in [-0.3, -0.25) is 25.2 Å². The van der Waals surface area contributed by atoms with E-state index in [1.807, 2.05) is 0 Å². The molecule has 0 radical (unpaired) electrons. The highest BCUT2D eigenvalue weighted by atomic mass is 16.5. The average Bonchev–Trinajstić information content (AvgIpc) is 3.29. The molecule has 10 heteroatoms. The van der Waals surface area contributed by atoms with Crippen LogP contribution in [0.4, 0.5) is 0 Å². The van der Waals surface area contributed by atoms with Gasteiger partial charge >= 0.3 is 0 Å². The molecule has 10 nitrogen and oxygen atoms in total. The first-order chi connectivity index (χ1) is 14.3. The summed E-state index contributed by atoms with van der Waals surface area (Å²) in [5.41, 5.74) is 4.81. The second-order valence-electron chi connectivity index (χ2n) is 6.53. The van der Waals surface area contributed by atoms with E-state index in [1.165, 1.54) is 45.8 Å². The van der Waals surface area contributed by atoms with E-state index < -0.39 is 23.8 Å². The van der Waals surface area contributed by atoms with E-state index in [0.717, 1.165) is 0 Å². The van der Waals surface area contributed by atoms with E-state index in [2.05, 4.69) is 16.2 Å². The van der Waals surface area contributed by atoms with Crippen molar-refractivity contribution in [3.05, 3.63) is 41.9 Å². The van der Waals surface area contributed by atoms with Crippen molar-refractivity contribution in [1.82, 2.24) is 16.2 Å². The number of amides is 3. The van der Waals surface area contributed by atoms with E-state index in [-0.39, 0.29) is 17.2 Å². The molecule has 3 amide bonds. The summed E-state index contributed by atoms with van der Waals surface area (Å²) >= 11 is 0. The maximum Gasteiger partial charge on any atom is 0.287 e. The number of ether oxygens (including phenoxy) is 3. The monoisotopic (exact) mass is 419 g/mol. The summed E-state index contributed by atoms with van der Waals surface area (Å²) < 4.78 is 20.7. The van der Waals surface area contributed by atoms with Gasteiger partial charge in [0.2, 0.25) is 5.75 Å². The molecular formula is C20H25N3O7. The fraction of sp³-hybridized carbons (Fsp3) is 0.350. The van der Waals surface area contributed by atoms with Crippen LogP contribution in [0.25, 0.3) is 0 Å². The lowest BCUT2D eigenvalue weighted by atomic mass is 10.0. The second-order valence-corrected chi connectivity index (χ2v) is 6.53. The summed E-state index contributed by atoms with van der Waals surface area (Å²) in [7, 11) is 4.30. The van der Waals surface area contributed by atoms with E-state index in [0.29, 0.717) is 17.2 Å². The first kappa shape index (κ1) is 22.6. The Morgan fingerprint density at radius 2 is 1.57 bits per heavy atom. The van der Waals surface area contributed by atoms with Gasteiger partial charge in [-0.25, -0.2) is 0 Å². The molecule has 0 bridgehead atoms. The van der Waals surface area contributed by atoms with Gasteiger partial charge in [0.15, 0.2) is 17.3 Å². The highest BCUT2D eigenvalue weighted by Crippen LogP contribution is 2.38. The smallest absolute Gasteiger partial charge is 0.287 e. The van der Waals surface area contributed by atoms with Crippen LogP contribution in [-0.4, -0.2) is 45.1 Å². The van der Waals surface area contributed by atoms with Crippen LogP contribution in [0.15, 0.2) is 34.9 Å². The Morgan fingerprint density at radius 3 is 2.03 bits per heavy atom. The standard InChI is InChI=1S/C20H25N3O7/c1-11(2)16(21-19(25)13-7-6-8-30-13)20(26)23-22-18(24)12-9-14(27-3)17(29-5)15(10-12)28-4/h6-11,16H,1-5H3,(H,21,25)(H,22,24)(H,23,26)/t16-/m0/s1. The van der Waals surface area contributed by atoms with Crippen LogP contribution in [-0.2, 0) is 4.79 Å². The predicted octanol–water partition coefficient (Wildman–Crippen LogP) is 1.52. The largest absolute Gasteiger partial charge is 0.493 e. The minimum atomic E-state index is -0.900. The molecule has 1 heterocycles. The van der Waals surface area contributed by atoms with Crippen molar-refractivity contribution in [2.24, 2.45) is 5.92 Å². The predicted molar refractivity (Wildman–Crippen MR) is 107 cm³/mol. The third-order valence-corrected chi connectivity index (χ3v) is 4.21. The molecule has 0 saturated carbocycles. The van der Waals surface area contributed by atoms with Crippen LogP contribution < -0.4 is 30.4 Å². The van der Waals surface area contributed by atoms with E-state index in [4.69, 9.17) is 18.6 Å². The first-order valence-corrected chi connectivity index (χ1v) is 9.06. The minimum Gasteiger partial charge on any atom is -0.493 e. The number of hydrogen-bond acceptors (Lipinski definition) is 7. The molecule has 3 N–H and O–H groups in total. The Morgan fingerprint density at radius 1 is 0.933 bits per heavy atom. The van der Waals surface area contributed by atoms with Crippen molar-refractivity contribution in [1.29, 1.82) is 0 Å². The normalized spacial score (nSPS) is 11.4. The molecule has 2 rings (SSSR count). The van der Waals surface area contributed by atoms with Gasteiger partial charge in [-0.1, -0.05) is 13.8 Å². The zero-order chi connectivity index (χ0) is 22.3. The number of benzene rings is 1. The van der Waals surface area contributed by atoms with Crippen LogP contribution in [0.5, 0.6) is 17.2 Å². The molecule has 1 aromatic carbocycles. The van der Waals surface area contributed by atoms with E-state index in [9.17, 15) is 14.4 Å². The van der Waals surface area contributed by atoms with Crippen LogP contribution in [0.1, 0.15) is 34.8 Å². The molecular weight excluding hydrogens is 394 g/mol. The molecule has 1 aromatic heterocycles. The summed E-state index contributed by atoms with van der Waals surface area (Å²) in [5.74, 6) is -0.992. The summed E-state index contributed by atoms with van der Waals surface area (Å²) in [6.45, 7) is 3.52. The van der Waals surface area contributed by atoms with Crippen molar-refractivity contribution in [3.63, 3.8) is 0 Å². The van der Waals surface area contributed by atoms with Crippen molar-refractivity contribution in [2.75, 3.05) is 21.3 Å². The lowest BCUT2D eigenvalue weighted by molar-refractivity contribution is -0.124. The minimum absolute atomic E-state index is 0.0786. The van der Waals surface area contributed by atoms with Crippen molar-refractivity contribution in [3.8, 4) is 17.2 Å². The molecule has 0 unspecified atom stereocenters. The third kappa shape index (κ3) is 5.22. The highest BCUT2D eigenvalue weighted by Gasteiger charge is 2.26. The number of hydrogen-bond donors (Lipinski definition) is 3. The van der Waals surface area contributed by atoms with E-state index >= 15 is 0 Å². The van der Waals surface area contributed by atoms with Gasteiger partial charge < -0.3 is 23.9 Å². The number of carbonyl (C=O) groups excluding carboxylic acids is 3. The maximum atomic E-state index is 12.5. The Bertz CT molecular complexity index is 869. The van der Waals surface area contributed by atoms with E-state index in [1.54, 1.807) is 19.9 Å². The lowest BCUT2D eigenvalue weighted by Gasteiger charge is -2.21. The Balaban J connectivity index is 2.08. The molecule has 0 aliphatic rings. The van der Waals surface area contributed by atoms with Crippen molar-refractivity contribution >= 4 is 17.7 Å². The highest BCUT2D eigenvalue weighted by molar-refractivity contribution is 5.98. The number of furan rings is 1. The Labute approximate surface area is 173 Å². The van der Waals surface area contributed by atoms with Gasteiger partial charge in [0.25, 0.3) is 17.7 Å². The Kier molecular flexibility index (Phi) is 7.68. The van der Waals surface area contributed by atoms with Crippen LogP contribution >= 0.6 is 0 Å². The lowest BCUT2D eigenvalue weighted by Crippen LogP contribution is -2.54. The number of nitrogens with one attached hydrogen (secondary N) is 3. The van der Waals surface area contributed by atoms with Crippen LogP contribution in [0.2, 0.25) is 0 Å². The fourth-order valence-electron chi connectivity index (χ4n) is 2.64. The fourth-order valence-corrected chi connectivity index (χ4v) is 2.64. The average molecular weight is 419 g/mol. The van der Waals surface area contributed by atoms with Crippen molar-refractivity contribution in [2.45, 2.75) is 19.9 Å². The molecule has 0 saturated heterocycles. The zero-order valence-electron chi connectivity index (χ0n) is 17.4. The van der Waals surface area contributed by atoms with Gasteiger partial charge in [-0.15, -0.1) is 0 Å². The molecule has 162 valence electrons. The van der Waals surface area contributed by atoms with Crippen molar-refractivity contribution < 1.29 is 33.0 Å². The topological polar surface area (TPSA) is 128 Å². The summed E-state index contributed by atoms with van der Waals surface area (Å²) in [4.78, 5) is 37.2. The summed E-state index contributed by atoms with van der Waals surface area (Å²) in [5, 5.41) is 2.58. The van der Waals surface area contributed by atoms with Crippen LogP contribution in [0.3, 0.4) is 0 Å². The number of rotatable bonds is 8. The first-order valence-electron chi connectivity index (χ1n) is 9.06. The summed E-state index contributed by atoms with van der Waals surface area (Å²) in [6.07, 6.45) is 1.36. The Hall–Kier alpha value is -3.69. The number of methoxy groups -OCH3 is 3. The molecule has 1 atom stereocenters. The number of hydrazine groups is 1.